The highest BCUT2D eigenvalue weighted by atomic mass is 19.4. The van der Waals surface area contributed by atoms with Crippen molar-refractivity contribution in [3.8, 4) is 0 Å². The van der Waals surface area contributed by atoms with Crippen LogP contribution in [0.3, 0.4) is 0 Å². The molecule has 1 aliphatic rings. The summed E-state index contributed by atoms with van der Waals surface area (Å²) in [4.78, 5) is 24.6. The van der Waals surface area contributed by atoms with E-state index in [0.717, 1.165) is 17.7 Å². The molecule has 1 aromatic carbocycles. The number of carbonyl (C=O) groups is 2. The number of halogens is 3. The third-order valence-corrected chi connectivity index (χ3v) is 4.12. The summed E-state index contributed by atoms with van der Waals surface area (Å²) in [5, 5.41) is 0. The van der Waals surface area contributed by atoms with Gasteiger partial charge in [-0.3, -0.25) is 9.59 Å². The van der Waals surface area contributed by atoms with Crippen molar-refractivity contribution in [1.82, 2.24) is 4.90 Å². The molecule has 1 fully saturated rings. The quantitative estimate of drug-likeness (QED) is 0.836. The van der Waals surface area contributed by atoms with Crippen LogP contribution in [-0.4, -0.2) is 36.3 Å². The molecular weight excluding hydrogens is 311 g/mol. The van der Waals surface area contributed by atoms with Gasteiger partial charge in [0.15, 0.2) is 0 Å². The molecule has 0 saturated carbocycles. The number of primary amides is 2. The molecule has 4 N–H and O–H groups in total. The number of nitrogens with two attached hydrogens (primary N) is 2. The molecule has 1 aliphatic heterocycles. The summed E-state index contributed by atoms with van der Waals surface area (Å²) >= 11 is 0. The van der Waals surface area contributed by atoms with E-state index in [4.69, 9.17) is 11.5 Å². The number of alkyl halides is 3. The largest absolute Gasteiger partial charge is 0.416 e. The van der Waals surface area contributed by atoms with Crippen molar-refractivity contribution >= 4 is 11.8 Å². The fourth-order valence-electron chi connectivity index (χ4n) is 2.79. The molecule has 23 heavy (non-hydrogen) atoms. The minimum atomic E-state index is -4.35. The number of rotatable bonds is 5. The Kier molecular flexibility index (Phi) is 4.93. The Morgan fingerprint density at radius 1 is 1.04 bits per heavy atom. The van der Waals surface area contributed by atoms with E-state index >= 15 is 0 Å². The number of hydrogen-bond acceptors (Lipinski definition) is 3. The van der Waals surface area contributed by atoms with Gasteiger partial charge >= 0.3 is 6.18 Å². The lowest BCUT2D eigenvalue weighted by Gasteiger charge is -2.15. The first-order chi connectivity index (χ1) is 10.7. The Hall–Kier alpha value is -2.09. The summed E-state index contributed by atoms with van der Waals surface area (Å²) in [7, 11) is 0. The van der Waals surface area contributed by atoms with Gasteiger partial charge in [-0.15, -0.1) is 0 Å². The molecule has 0 spiro atoms. The first-order valence-electron chi connectivity index (χ1n) is 7.15. The number of carbonyl (C=O) groups excluding carboxylic acids is 2. The highest BCUT2D eigenvalue weighted by molar-refractivity contribution is 5.87. The van der Waals surface area contributed by atoms with E-state index in [2.05, 4.69) is 0 Å². The Morgan fingerprint density at radius 3 is 1.91 bits per heavy atom. The highest BCUT2D eigenvalue weighted by Gasteiger charge is 2.39. The molecule has 2 rings (SSSR count). The van der Waals surface area contributed by atoms with Gasteiger partial charge in [0.05, 0.1) is 17.4 Å². The summed E-state index contributed by atoms with van der Waals surface area (Å²) in [6.07, 6.45) is -3.84. The maximum absolute atomic E-state index is 12.5. The zero-order chi connectivity index (χ0) is 17.2. The lowest BCUT2D eigenvalue weighted by molar-refractivity contribution is -0.137. The van der Waals surface area contributed by atoms with Gasteiger partial charge in [-0.05, 0) is 24.1 Å². The van der Waals surface area contributed by atoms with Crippen molar-refractivity contribution in [3.05, 3.63) is 35.4 Å². The minimum absolute atomic E-state index is 0.337. The Bertz CT molecular complexity index is 565. The van der Waals surface area contributed by atoms with Crippen LogP contribution in [0.2, 0.25) is 0 Å². The molecule has 2 amide bonds. The lowest BCUT2D eigenvalue weighted by Crippen LogP contribution is -2.36. The predicted molar refractivity (Wildman–Crippen MR) is 77.0 cm³/mol. The van der Waals surface area contributed by atoms with E-state index in [0.29, 0.717) is 26.1 Å². The number of nitrogens with zero attached hydrogens (tertiary/aromatic N) is 1. The first-order valence-corrected chi connectivity index (χ1v) is 7.15. The van der Waals surface area contributed by atoms with E-state index in [-0.39, 0.29) is 0 Å². The molecule has 126 valence electrons. The minimum Gasteiger partial charge on any atom is -0.369 e. The zero-order valence-corrected chi connectivity index (χ0v) is 12.3. The molecule has 1 saturated heterocycles. The third kappa shape index (κ3) is 4.22. The summed E-state index contributed by atoms with van der Waals surface area (Å²) in [5.74, 6) is -2.35. The number of amides is 2. The SMILES string of the molecule is NC(=O)C1CN(CCc2ccc(C(F)(F)F)cc2)CC1C(N)=O. The molecule has 8 heteroatoms. The molecule has 5 nitrogen and oxygen atoms in total. The Morgan fingerprint density at radius 2 is 1.52 bits per heavy atom. The molecule has 2 unspecified atom stereocenters. The number of benzene rings is 1. The number of hydrogen-bond donors (Lipinski definition) is 2. The number of likely N-dealkylation sites (tertiary alicyclic amines) is 1. The smallest absolute Gasteiger partial charge is 0.369 e. The van der Waals surface area contributed by atoms with Gasteiger partial charge < -0.3 is 16.4 Å². The van der Waals surface area contributed by atoms with Crippen LogP contribution in [0.15, 0.2) is 24.3 Å². The van der Waals surface area contributed by atoms with Gasteiger partial charge in [0.1, 0.15) is 0 Å². The van der Waals surface area contributed by atoms with Crippen molar-refractivity contribution < 1.29 is 22.8 Å². The predicted octanol–water partition coefficient (Wildman–Crippen LogP) is 0.767. The van der Waals surface area contributed by atoms with E-state index in [1.165, 1.54) is 12.1 Å². The molecule has 0 radical (unpaired) electrons. The van der Waals surface area contributed by atoms with E-state index in [1.807, 2.05) is 4.90 Å². The van der Waals surface area contributed by atoms with Crippen LogP contribution < -0.4 is 11.5 Å². The summed E-state index contributed by atoms with van der Waals surface area (Å²) in [6, 6.07) is 4.93. The Labute approximate surface area is 131 Å². The fraction of sp³-hybridized carbons (Fsp3) is 0.467. The molecule has 0 bridgehead atoms. The van der Waals surface area contributed by atoms with Crippen molar-refractivity contribution in [2.45, 2.75) is 12.6 Å². The molecule has 1 heterocycles. The standard InChI is InChI=1S/C15H18F3N3O2/c16-15(17,18)10-3-1-9(2-4-10)5-6-21-7-11(13(19)22)12(8-21)14(20)23/h1-4,11-12H,5-8H2,(H2,19,22)(H2,20,23). The lowest BCUT2D eigenvalue weighted by atomic mass is 9.95. The van der Waals surface area contributed by atoms with Crippen LogP contribution in [-0.2, 0) is 22.2 Å². The molecule has 1 aromatic rings. The average Bonchev–Trinajstić information content (AvgIpc) is 2.89. The van der Waals surface area contributed by atoms with Crippen molar-refractivity contribution in [1.29, 1.82) is 0 Å². The monoisotopic (exact) mass is 329 g/mol. The molecular formula is C15H18F3N3O2. The first kappa shape index (κ1) is 17.3. The second-order valence-electron chi connectivity index (χ2n) is 5.72. The van der Waals surface area contributed by atoms with Gasteiger partial charge in [0.25, 0.3) is 0 Å². The van der Waals surface area contributed by atoms with Crippen LogP contribution in [0.5, 0.6) is 0 Å². The van der Waals surface area contributed by atoms with Crippen molar-refractivity contribution in [2.75, 3.05) is 19.6 Å². The topological polar surface area (TPSA) is 89.4 Å². The van der Waals surface area contributed by atoms with Gasteiger partial charge in [-0.25, -0.2) is 0 Å². The van der Waals surface area contributed by atoms with Gasteiger partial charge in [-0.2, -0.15) is 13.2 Å². The van der Waals surface area contributed by atoms with E-state index in [9.17, 15) is 22.8 Å². The van der Waals surface area contributed by atoms with Crippen LogP contribution in [0.4, 0.5) is 13.2 Å². The van der Waals surface area contributed by atoms with Gasteiger partial charge in [0.2, 0.25) is 11.8 Å². The fourth-order valence-corrected chi connectivity index (χ4v) is 2.79. The normalized spacial score (nSPS) is 22.2. The van der Waals surface area contributed by atoms with Gasteiger partial charge in [0, 0.05) is 19.6 Å². The van der Waals surface area contributed by atoms with Crippen molar-refractivity contribution in [3.63, 3.8) is 0 Å². The van der Waals surface area contributed by atoms with E-state index < -0.39 is 35.4 Å². The molecule has 0 aromatic heterocycles. The van der Waals surface area contributed by atoms with Crippen molar-refractivity contribution in [2.24, 2.45) is 23.3 Å². The van der Waals surface area contributed by atoms with Crippen LogP contribution in [0.1, 0.15) is 11.1 Å². The average molecular weight is 329 g/mol. The molecule has 2 atom stereocenters. The maximum Gasteiger partial charge on any atom is 0.416 e. The van der Waals surface area contributed by atoms with Crippen LogP contribution in [0.25, 0.3) is 0 Å². The van der Waals surface area contributed by atoms with Crippen LogP contribution >= 0.6 is 0 Å². The summed E-state index contributed by atoms with van der Waals surface area (Å²) in [5.41, 5.74) is 10.6. The maximum atomic E-state index is 12.5. The summed E-state index contributed by atoms with van der Waals surface area (Å²) < 4.78 is 37.5. The summed E-state index contributed by atoms with van der Waals surface area (Å²) in [6.45, 7) is 1.19. The second kappa shape index (κ2) is 6.57. The zero-order valence-electron chi connectivity index (χ0n) is 12.3. The van der Waals surface area contributed by atoms with Crippen LogP contribution in [0, 0.1) is 11.8 Å². The highest BCUT2D eigenvalue weighted by Crippen LogP contribution is 2.29. The third-order valence-electron chi connectivity index (χ3n) is 4.12. The second-order valence-corrected chi connectivity index (χ2v) is 5.72. The van der Waals surface area contributed by atoms with E-state index in [1.54, 1.807) is 0 Å². The molecule has 0 aliphatic carbocycles. The Balaban J connectivity index is 1.94. The van der Waals surface area contributed by atoms with Gasteiger partial charge in [-0.1, -0.05) is 12.1 Å².